The van der Waals surface area contributed by atoms with Crippen LogP contribution < -0.4 is 21.9 Å². The van der Waals surface area contributed by atoms with Gasteiger partial charge in [0.15, 0.2) is 10.0 Å². The Balaban J connectivity index is 1.60. The Bertz CT molecular complexity index is 1510. The first kappa shape index (κ1) is 25.3. The number of anilines is 3. The maximum absolute atomic E-state index is 13.0. The zero-order chi connectivity index (χ0) is 26.0. The number of amides is 1. The molecule has 0 aliphatic carbocycles. The second-order valence-electron chi connectivity index (χ2n) is 7.77. The summed E-state index contributed by atoms with van der Waals surface area (Å²) in [5.74, 6) is -1.04. The van der Waals surface area contributed by atoms with Crippen LogP contribution in [0, 0.1) is 6.92 Å². The van der Waals surface area contributed by atoms with E-state index in [1.807, 2.05) is 19.9 Å². The monoisotopic (exact) mass is 544 g/mol. The Labute approximate surface area is 218 Å². The maximum atomic E-state index is 13.0. The Morgan fingerprint density at radius 3 is 2.78 bits per heavy atom. The Kier molecular flexibility index (Phi) is 7.33. The van der Waals surface area contributed by atoms with Crippen molar-refractivity contribution in [2.75, 3.05) is 10.6 Å². The van der Waals surface area contributed by atoms with Crippen LogP contribution in [-0.4, -0.2) is 42.2 Å². The number of nitrogens with zero attached hydrogens (tertiary/aromatic N) is 4. The standard InChI is InChI=1S/C22H21ClN8O3S2/c1-9(2)27-17(24)13-18(32)31-36-21(13)30-22-29-20(34)16(35-22)19(33)28-14-10(3)15(26-8-11(14)23)12-6-4-5-7-25-12/h4-9,34H,1-3H3,(H2,24,27)(H,29,30)(H,31,32)(H,26,28,33). The number of hydrogen-bond acceptors (Lipinski definition) is 10. The van der Waals surface area contributed by atoms with Crippen molar-refractivity contribution in [3.05, 3.63) is 62.0 Å². The highest BCUT2D eigenvalue weighted by Crippen LogP contribution is 2.35. The fraction of sp³-hybridized carbons (Fsp3) is 0.182. The van der Waals surface area contributed by atoms with E-state index in [1.54, 1.807) is 25.3 Å². The van der Waals surface area contributed by atoms with Crippen molar-refractivity contribution in [1.29, 1.82) is 0 Å². The molecule has 0 aromatic carbocycles. The Hall–Kier alpha value is -3.81. The van der Waals surface area contributed by atoms with Crippen LogP contribution in [0.2, 0.25) is 5.02 Å². The summed E-state index contributed by atoms with van der Waals surface area (Å²) >= 11 is 8.21. The molecule has 0 aliphatic rings. The van der Waals surface area contributed by atoms with Gasteiger partial charge in [0.1, 0.15) is 16.4 Å². The number of hydrogen-bond donors (Lipinski definition) is 5. The number of aliphatic imine (C=N–C) groups is 1. The quantitative estimate of drug-likeness (QED) is 0.171. The van der Waals surface area contributed by atoms with E-state index in [0.717, 1.165) is 22.9 Å². The molecule has 0 saturated heterocycles. The Morgan fingerprint density at radius 1 is 1.31 bits per heavy atom. The molecule has 0 radical (unpaired) electrons. The summed E-state index contributed by atoms with van der Waals surface area (Å²) < 4.78 is 2.59. The van der Waals surface area contributed by atoms with E-state index in [1.165, 1.54) is 6.20 Å². The number of halogens is 1. The maximum Gasteiger partial charge on any atom is 0.271 e. The molecular weight excluding hydrogens is 524 g/mol. The Morgan fingerprint density at radius 2 is 2.08 bits per heavy atom. The number of nitrogens with two attached hydrogens (primary N) is 1. The van der Waals surface area contributed by atoms with Gasteiger partial charge in [0.05, 0.1) is 22.1 Å². The van der Waals surface area contributed by atoms with E-state index in [2.05, 4.69) is 35.0 Å². The van der Waals surface area contributed by atoms with Crippen LogP contribution in [0.4, 0.5) is 15.8 Å². The molecule has 0 atom stereocenters. The molecule has 4 rings (SSSR count). The summed E-state index contributed by atoms with van der Waals surface area (Å²) in [6.45, 7) is 5.43. The van der Waals surface area contributed by atoms with E-state index in [4.69, 9.17) is 17.3 Å². The van der Waals surface area contributed by atoms with Crippen molar-refractivity contribution in [1.82, 2.24) is 19.3 Å². The largest absolute Gasteiger partial charge is 0.492 e. The molecule has 186 valence electrons. The zero-order valence-electron chi connectivity index (χ0n) is 19.3. The molecule has 0 spiro atoms. The number of amidine groups is 1. The minimum Gasteiger partial charge on any atom is -0.492 e. The van der Waals surface area contributed by atoms with E-state index in [-0.39, 0.29) is 32.5 Å². The topological polar surface area (TPSA) is 171 Å². The average molecular weight is 545 g/mol. The van der Waals surface area contributed by atoms with Crippen LogP contribution in [0.5, 0.6) is 5.88 Å². The van der Waals surface area contributed by atoms with Gasteiger partial charge in [0, 0.05) is 24.0 Å². The van der Waals surface area contributed by atoms with Crippen LogP contribution in [-0.2, 0) is 0 Å². The van der Waals surface area contributed by atoms with E-state index in [9.17, 15) is 14.7 Å². The number of carbonyl (C=O) groups excluding carboxylic acids is 1. The van der Waals surface area contributed by atoms with Crippen LogP contribution >= 0.6 is 34.5 Å². The molecule has 4 aromatic rings. The van der Waals surface area contributed by atoms with Gasteiger partial charge in [0.2, 0.25) is 5.88 Å². The van der Waals surface area contributed by atoms with Gasteiger partial charge in [-0.25, -0.2) is 0 Å². The van der Waals surface area contributed by atoms with Gasteiger partial charge in [-0.2, -0.15) is 4.98 Å². The summed E-state index contributed by atoms with van der Waals surface area (Å²) in [5.41, 5.74) is 7.87. The second-order valence-corrected chi connectivity index (χ2v) is 9.99. The summed E-state index contributed by atoms with van der Waals surface area (Å²) in [7, 11) is 0. The SMILES string of the molecule is Cc1c(-c2ccccn2)ncc(Cl)c1NC(=O)c1sc(Nc2s[nH]c(=O)c2C(N)=NC(C)C)nc1O. The first-order valence-electron chi connectivity index (χ1n) is 10.6. The van der Waals surface area contributed by atoms with Gasteiger partial charge in [-0.1, -0.05) is 29.0 Å². The third-order valence-electron chi connectivity index (χ3n) is 4.81. The third kappa shape index (κ3) is 5.22. The highest BCUT2D eigenvalue weighted by Gasteiger charge is 2.23. The minimum absolute atomic E-state index is 0.0579. The molecular formula is C22H21ClN8O3S2. The molecule has 0 aliphatic heterocycles. The molecule has 4 heterocycles. The first-order valence-corrected chi connectivity index (χ1v) is 12.6. The van der Waals surface area contributed by atoms with Crippen molar-refractivity contribution in [3.8, 4) is 17.3 Å². The van der Waals surface area contributed by atoms with Gasteiger partial charge in [-0.05, 0) is 44.4 Å². The highest BCUT2D eigenvalue weighted by molar-refractivity contribution is 7.18. The third-order valence-corrected chi connectivity index (χ3v) is 6.85. The summed E-state index contributed by atoms with van der Waals surface area (Å²) in [6.07, 6.45) is 3.06. The zero-order valence-corrected chi connectivity index (χ0v) is 21.7. The minimum atomic E-state index is -0.621. The van der Waals surface area contributed by atoms with Gasteiger partial charge < -0.3 is 21.5 Å². The molecule has 14 heteroatoms. The molecule has 6 N–H and O–H groups in total. The summed E-state index contributed by atoms with van der Waals surface area (Å²) in [5, 5.41) is 16.8. The lowest BCUT2D eigenvalue weighted by atomic mass is 10.1. The van der Waals surface area contributed by atoms with Crippen molar-refractivity contribution >= 4 is 62.0 Å². The summed E-state index contributed by atoms with van der Waals surface area (Å²) in [4.78, 5) is 42.1. The second kappa shape index (κ2) is 10.4. The molecule has 4 aromatic heterocycles. The number of aromatic nitrogens is 4. The average Bonchev–Trinajstić information content (AvgIpc) is 3.38. The molecule has 11 nitrogen and oxygen atoms in total. The van der Waals surface area contributed by atoms with Crippen molar-refractivity contribution < 1.29 is 9.90 Å². The smallest absolute Gasteiger partial charge is 0.271 e. The normalized spacial score (nSPS) is 11.6. The van der Waals surface area contributed by atoms with E-state index < -0.39 is 17.3 Å². The van der Waals surface area contributed by atoms with Crippen molar-refractivity contribution in [2.45, 2.75) is 26.8 Å². The molecule has 0 fully saturated rings. The molecule has 1 amide bonds. The number of nitrogens with one attached hydrogen (secondary N) is 3. The molecule has 0 saturated carbocycles. The summed E-state index contributed by atoms with van der Waals surface area (Å²) in [6, 6.07) is 5.30. The van der Waals surface area contributed by atoms with Gasteiger partial charge in [-0.3, -0.25) is 28.9 Å². The molecule has 0 unspecified atom stereocenters. The van der Waals surface area contributed by atoms with Crippen molar-refractivity contribution in [2.24, 2.45) is 10.7 Å². The number of pyridine rings is 2. The number of rotatable bonds is 7. The number of H-pyrrole nitrogens is 1. The van der Waals surface area contributed by atoms with Gasteiger partial charge in [-0.15, -0.1) is 0 Å². The van der Waals surface area contributed by atoms with Crippen LogP contribution in [0.25, 0.3) is 11.4 Å². The van der Waals surface area contributed by atoms with Crippen LogP contribution in [0.1, 0.15) is 34.6 Å². The number of aromatic amines is 1. The lowest BCUT2D eigenvalue weighted by Crippen LogP contribution is -2.23. The van der Waals surface area contributed by atoms with Crippen molar-refractivity contribution in [3.63, 3.8) is 0 Å². The van der Waals surface area contributed by atoms with Gasteiger partial charge in [0.25, 0.3) is 11.5 Å². The molecule has 0 bridgehead atoms. The number of aromatic hydroxyl groups is 1. The number of carbonyl (C=O) groups is 1. The fourth-order valence-electron chi connectivity index (χ4n) is 3.24. The predicted octanol–water partition coefficient (Wildman–Crippen LogP) is 4.13. The highest BCUT2D eigenvalue weighted by atomic mass is 35.5. The number of thiazole rings is 1. The van der Waals surface area contributed by atoms with Crippen LogP contribution in [0.15, 0.2) is 40.4 Å². The van der Waals surface area contributed by atoms with E-state index >= 15 is 0 Å². The fourth-order valence-corrected chi connectivity index (χ4v) is 5.05. The van der Waals surface area contributed by atoms with Crippen LogP contribution in [0.3, 0.4) is 0 Å². The van der Waals surface area contributed by atoms with Gasteiger partial charge >= 0.3 is 0 Å². The lowest BCUT2D eigenvalue weighted by Gasteiger charge is -2.13. The van der Waals surface area contributed by atoms with E-state index in [0.29, 0.717) is 27.6 Å². The first-order chi connectivity index (χ1) is 17.2. The lowest BCUT2D eigenvalue weighted by molar-refractivity contribution is 0.102. The predicted molar refractivity (Wildman–Crippen MR) is 143 cm³/mol. The molecule has 36 heavy (non-hydrogen) atoms.